The molecule has 2 N–H and O–H groups in total. The first-order valence-corrected chi connectivity index (χ1v) is 15.9. The number of carbonyl (C=O) groups is 2. The fourth-order valence-corrected chi connectivity index (χ4v) is 5.73. The van der Waals surface area contributed by atoms with Gasteiger partial charge in [0.2, 0.25) is 5.89 Å². The molecule has 1 aromatic heterocycles. The molecule has 0 saturated heterocycles. The summed E-state index contributed by atoms with van der Waals surface area (Å²) in [6, 6.07) is 23.4. The Labute approximate surface area is 251 Å². The predicted octanol–water partition coefficient (Wildman–Crippen LogP) is 5.42. The van der Waals surface area contributed by atoms with Gasteiger partial charge in [-0.05, 0) is 56.9 Å². The third-order valence-electron chi connectivity index (χ3n) is 6.55. The second kappa shape index (κ2) is 13.8. The van der Waals surface area contributed by atoms with E-state index in [1.807, 2.05) is 30.3 Å². The summed E-state index contributed by atoms with van der Waals surface area (Å²) >= 11 is 0. The van der Waals surface area contributed by atoms with Crippen LogP contribution in [0.25, 0.3) is 11.1 Å². The Hall–Kier alpha value is -4.22. The molecule has 228 valence electrons. The van der Waals surface area contributed by atoms with Gasteiger partial charge in [0.1, 0.15) is 11.1 Å². The number of ether oxygens (including phenoxy) is 1. The summed E-state index contributed by atoms with van der Waals surface area (Å²) in [6.45, 7) is 4.49. The van der Waals surface area contributed by atoms with E-state index in [0.717, 1.165) is 10.5 Å². The molecular weight excluding hydrogens is 570 g/mol. The van der Waals surface area contributed by atoms with E-state index >= 15 is 0 Å². The number of oxazole rings is 1. The lowest BCUT2D eigenvalue weighted by atomic mass is 10.0. The molecule has 4 rings (SSSR count). The van der Waals surface area contributed by atoms with Crippen molar-refractivity contribution in [3.05, 3.63) is 102 Å². The summed E-state index contributed by atoms with van der Waals surface area (Å²) in [5.74, 6) is -0.709. The van der Waals surface area contributed by atoms with Crippen molar-refractivity contribution in [3.8, 4) is 0 Å². The van der Waals surface area contributed by atoms with Gasteiger partial charge in [-0.1, -0.05) is 72.8 Å². The standard InChI is InChI=1S/C32H37N3O7S/c1-32(2,3)42-31(38)35(20-21-43(39,40)22-24-14-8-5-9-15-24)30(37)34-26(19-18-23-12-6-4-7-13-23)28(36)29-33-25-16-10-11-17-27(25)41-29/h4-17,26,28,36H,18-22H2,1-3H3,(H,34,37)/t26-,28?/m0/s1. The number of carbonyl (C=O) groups excluding carboxylic acids is 2. The smallest absolute Gasteiger partial charge is 0.418 e. The zero-order valence-electron chi connectivity index (χ0n) is 24.5. The molecule has 0 bridgehead atoms. The molecule has 0 aliphatic heterocycles. The van der Waals surface area contributed by atoms with Gasteiger partial charge in [0.25, 0.3) is 0 Å². The second-order valence-electron chi connectivity index (χ2n) is 11.3. The minimum Gasteiger partial charge on any atom is -0.443 e. The topological polar surface area (TPSA) is 139 Å². The van der Waals surface area contributed by atoms with Crippen molar-refractivity contribution in [2.24, 2.45) is 0 Å². The fourth-order valence-electron chi connectivity index (χ4n) is 4.42. The lowest BCUT2D eigenvalue weighted by Gasteiger charge is -2.29. The summed E-state index contributed by atoms with van der Waals surface area (Å²) in [5, 5.41) is 14.1. The third kappa shape index (κ3) is 9.39. The maximum Gasteiger partial charge on any atom is 0.418 e. The molecule has 1 heterocycles. The normalized spacial score (nSPS) is 13.3. The molecule has 2 atom stereocenters. The van der Waals surface area contributed by atoms with Crippen LogP contribution in [0.5, 0.6) is 0 Å². The number of benzene rings is 3. The summed E-state index contributed by atoms with van der Waals surface area (Å²) in [5.41, 5.74) is 1.65. The van der Waals surface area contributed by atoms with Gasteiger partial charge in [-0.15, -0.1) is 0 Å². The number of hydrogen-bond donors (Lipinski definition) is 2. The van der Waals surface area contributed by atoms with Crippen LogP contribution in [0.3, 0.4) is 0 Å². The lowest BCUT2D eigenvalue weighted by molar-refractivity contribution is 0.0314. The number of nitrogens with one attached hydrogen (secondary N) is 1. The molecule has 10 nitrogen and oxygen atoms in total. The van der Waals surface area contributed by atoms with Crippen LogP contribution in [-0.4, -0.2) is 59.5 Å². The van der Waals surface area contributed by atoms with Crippen LogP contribution in [0.1, 0.15) is 50.3 Å². The Morgan fingerprint density at radius 1 is 0.953 bits per heavy atom. The molecule has 0 fully saturated rings. The molecule has 3 amide bonds. The number of sulfone groups is 1. The number of imide groups is 1. The number of hydrogen-bond acceptors (Lipinski definition) is 8. The second-order valence-corrected chi connectivity index (χ2v) is 13.4. The summed E-state index contributed by atoms with van der Waals surface area (Å²) in [4.78, 5) is 31.9. The van der Waals surface area contributed by atoms with E-state index in [0.29, 0.717) is 23.1 Å². The number of aromatic nitrogens is 1. The highest BCUT2D eigenvalue weighted by molar-refractivity contribution is 7.90. The van der Waals surface area contributed by atoms with Gasteiger partial charge < -0.3 is 19.6 Å². The van der Waals surface area contributed by atoms with E-state index in [4.69, 9.17) is 9.15 Å². The largest absolute Gasteiger partial charge is 0.443 e. The molecule has 0 spiro atoms. The van der Waals surface area contributed by atoms with Crippen molar-refractivity contribution in [3.63, 3.8) is 0 Å². The van der Waals surface area contributed by atoms with Crippen LogP contribution in [0.2, 0.25) is 0 Å². The number of para-hydroxylation sites is 2. The van der Waals surface area contributed by atoms with Crippen molar-refractivity contribution >= 4 is 33.1 Å². The van der Waals surface area contributed by atoms with Gasteiger partial charge in [0.05, 0.1) is 17.5 Å². The Kier molecular flexibility index (Phi) is 10.2. The van der Waals surface area contributed by atoms with Crippen molar-refractivity contribution in [2.75, 3.05) is 12.3 Å². The molecule has 4 aromatic rings. The van der Waals surface area contributed by atoms with Crippen LogP contribution >= 0.6 is 0 Å². The first kappa shape index (κ1) is 31.7. The van der Waals surface area contributed by atoms with E-state index in [9.17, 15) is 23.1 Å². The van der Waals surface area contributed by atoms with Gasteiger partial charge in [-0.2, -0.15) is 0 Å². The molecule has 0 aliphatic carbocycles. The number of amides is 3. The van der Waals surface area contributed by atoms with Gasteiger partial charge >= 0.3 is 12.1 Å². The molecule has 3 aromatic carbocycles. The van der Waals surface area contributed by atoms with Crippen molar-refractivity contribution < 1.29 is 32.3 Å². The van der Waals surface area contributed by atoms with E-state index < -0.39 is 52.0 Å². The van der Waals surface area contributed by atoms with Gasteiger partial charge in [0.15, 0.2) is 21.5 Å². The van der Waals surface area contributed by atoms with Gasteiger partial charge in [-0.25, -0.2) is 27.9 Å². The Morgan fingerprint density at radius 2 is 1.56 bits per heavy atom. The van der Waals surface area contributed by atoms with E-state index in [1.165, 1.54) is 0 Å². The number of urea groups is 1. The molecular formula is C32H37N3O7S. The molecule has 0 aliphatic rings. The SMILES string of the molecule is CC(C)(C)OC(=O)N(CCS(=O)(=O)Cc1ccccc1)C(=O)N[C@@H](CCc1ccccc1)C(O)c1nc2ccccc2o1. The van der Waals surface area contributed by atoms with Crippen LogP contribution in [0.15, 0.2) is 89.3 Å². The maximum atomic E-state index is 13.6. The number of fused-ring (bicyclic) bond motifs is 1. The number of aliphatic hydroxyl groups excluding tert-OH is 1. The Morgan fingerprint density at radius 3 is 2.19 bits per heavy atom. The summed E-state index contributed by atoms with van der Waals surface area (Å²) in [6.07, 6.45) is -1.61. The van der Waals surface area contributed by atoms with E-state index in [-0.39, 0.29) is 18.1 Å². The van der Waals surface area contributed by atoms with E-state index in [1.54, 1.807) is 75.4 Å². The molecule has 11 heteroatoms. The first-order valence-electron chi connectivity index (χ1n) is 14.0. The number of aliphatic hydroxyl groups is 1. The molecule has 0 radical (unpaired) electrons. The minimum absolute atomic E-state index is 0.00817. The van der Waals surface area contributed by atoms with Crippen LogP contribution < -0.4 is 5.32 Å². The zero-order chi connectivity index (χ0) is 31.0. The predicted molar refractivity (Wildman–Crippen MR) is 163 cm³/mol. The van der Waals surface area contributed by atoms with E-state index in [2.05, 4.69) is 10.3 Å². The number of aryl methyl sites for hydroxylation is 1. The first-order chi connectivity index (χ1) is 20.4. The maximum absolute atomic E-state index is 13.6. The highest BCUT2D eigenvalue weighted by Gasteiger charge is 2.33. The third-order valence-corrected chi connectivity index (χ3v) is 8.13. The Bertz CT molecular complexity index is 1580. The number of rotatable bonds is 11. The molecule has 1 unspecified atom stereocenters. The minimum atomic E-state index is -3.69. The van der Waals surface area contributed by atoms with Crippen LogP contribution in [0, 0.1) is 0 Å². The van der Waals surface area contributed by atoms with Crippen molar-refractivity contribution in [1.82, 2.24) is 15.2 Å². The average molecular weight is 608 g/mol. The summed E-state index contributed by atoms with van der Waals surface area (Å²) < 4.78 is 37.1. The summed E-state index contributed by atoms with van der Waals surface area (Å²) in [7, 11) is -3.69. The highest BCUT2D eigenvalue weighted by atomic mass is 32.2. The van der Waals surface area contributed by atoms with Crippen molar-refractivity contribution in [1.29, 1.82) is 0 Å². The fraction of sp³-hybridized carbons (Fsp3) is 0.344. The highest BCUT2D eigenvalue weighted by Crippen LogP contribution is 2.25. The number of nitrogens with zero attached hydrogens (tertiary/aromatic N) is 2. The monoisotopic (exact) mass is 607 g/mol. The average Bonchev–Trinajstić information content (AvgIpc) is 3.39. The van der Waals surface area contributed by atoms with Gasteiger partial charge in [-0.3, -0.25) is 0 Å². The zero-order valence-corrected chi connectivity index (χ0v) is 25.3. The van der Waals surface area contributed by atoms with Gasteiger partial charge in [0, 0.05) is 6.54 Å². The van der Waals surface area contributed by atoms with Crippen LogP contribution in [0.4, 0.5) is 9.59 Å². The Balaban J connectivity index is 1.56. The quantitative estimate of drug-likeness (QED) is 0.230. The molecule has 0 saturated carbocycles. The molecule has 43 heavy (non-hydrogen) atoms. The van der Waals surface area contributed by atoms with Crippen LogP contribution in [-0.2, 0) is 26.7 Å². The lowest BCUT2D eigenvalue weighted by Crippen LogP contribution is -2.51. The van der Waals surface area contributed by atoms with Crippen molar-refractivity contribution in [2.45, 2.75) is 57.1 Å².